The van der Waals surface area contributed by atoms with E-state index in [-0.39, 0.29) is 0 Å². The standard InChI is InChI=1S/C54H35NO.C37H26.C18H11BrO/c1-5-19-36(20-6-1)48-49(37-21-7-2-8-22-37)51(39-25-11-4-12-26-39)53-52(50(48)38-23-9-3-10-24-38)45-30-13-15-33-46(45)55(53)41-28-17-27-40(35-41)42-31-18-32-44-43-29-14-16-34-47(43)56-54(42)44;1-5-15-26(16-6-1)33-32-25-30-23-13-14-24-31(30)37(32)36(29-21-11-4-12-22-29)35(28-19-9-3-10-20-28)34(33)27-17-7-2-8-18-27;19-13-6-3-5-12(11-13)14-8-4-9-16-15-7-1-2-10-17(15)20-18(14)16/h1-35H;1-24H,25H2;1-11H. The van der Waals surface area contributed by atoms with Crippen molar-refractivity contribution in [1.29, 1.82) is 0 Å². The number of nitrogens with zero attached hydrogens (tertiary/aromatic N) is 1. The summed E-state index contributed by atoms with van der Waals surface area (Å²) in [5.41, 5.74) is 37.0. The Kier molecular flexibility index (Phi) is 17.9. The summed E-state index contributed by atoms with van der Waals surface area (Å²) in [7, 11) is 0. The zero-order chi connectivity index (χ0) is 75.1. The van der Waals surface area contributed by atoms with Gasteiger partial charge in [-0.2, -0.15) is 0 Å². The normalized spacial score (nSPS) is 11.5. The molecule has 3 nitrogen and oxygen atoms in total. The molecule has 18 aromatic carbocycles. The van der Waals surface area contributed by atoms with Crippen molar-refractivity contribution in [1.82, 2.24) is 4.57 Å². The Hall–Kier alpha value is -14.2. The van der Waals surface area contributed by atoms with Crippen molar-refractivity contribution >= 4 is 81.6 Å². The molecule has 1 aliphatic rings. The maximum absolute atomic E-state index is 6.56. The van der Waals surface area contributed by atoms with Crippen LogP contribution in [0.2, 0.25) is 0 Å². The van der Waals surface area contributed by atoms with Crippen LogP contribution in [0.4, 0.5) is 0 Å². The summed E-state index contributed by atoms with van der Waals surface area (Å²) in [6, 6.07) is 152. The van der Waals surface area contributed by atoms with Crippen LogP contribution in [0, 0.1) is 0 Å². The highest BCUT2D eigenvalue weighted by molar-refractivity contribution is 9.10. The summed E-state index contributed by atoms with van der Waals surface area (Å²) < 4.78 is 16.2. The second-order valence-electron chi connectivity index (χ2n) is 28.8. The first-order chi connectivity index (χ1) is 56.1. The molecule has 1 aliphatic carbocycles. The summed E-state index contributed by atoms with van der Waals surface area (Å²) in [6.07, 6.45) is 0.935. The molecule has 0 saturated carbocycles. The van der Waals surface area contributed by atoms with Crippen LogP contribution in [0.15, 0.2) is 438 Å². The van der Waals surface area contributed by atoms with E-state index in [2.05, 4.69) is 409 Å². The maximum Gasteiger partial charge on any atom is 0.143 e. The monoisotopic (exact) mass is 1510 g/mol. The third-order valence-corrected chi connectivity index (χ3v) is 22.7. The van der Waals surface area contributed by atoms with Crippen molar-refractivity contribution in [2.24, 2.45) is 0 Å². The summed E-state index contributed by atoms with van der Waals surface area (Å²) in [6.45, 7) is 0. The van der Waals surface area contributed by atoms with Crippen molar-refractivity contribution in [3.8, 4) is 128 Å². The number of rotatable bonds is 11. The smallest absolute Gasteiger partial charge is 0.143 e. The third-order valence-electron chi connectivity index (χ3n) is 22.2. The zero-order valence-electron chi connectivity index (χ0n) is 61.8. The molecule has 0 saturated heterocycles. The molecule has 3 heterocycles. The fourth-order valence-electron chi connectivity index (χ4n) is 17.5. The Morgan fingerprint density at radius 2 is 0.558 bits per heavy atom. The van der Waals surface area contributed by atoms with Crippen LogP contribution in [0.1, 0.15) is 11.1 Å². The molecule has 0 fully saturated rings. The molecule has 0 amide bonds. The minimum absolute atomic E-state index is 0.900. The summed E-state index contributed by atoms with van der Waals surface area (Å²) >= 11 is 3.53. The van der Waals surface area contributed by atoms with Gasteiger partial charge < -0.3 is 13.4 Å². The van der Waals surface area contributed by atoms with Crippen molar-refractivity contribution in [2.45, 2.75) is 6.42 Å². The first-order valence-corrected chi connectivity index (χ1v) is 39.4. The molecule has 113 heavy (non-hydrogen) atoms. The van der Waals surface area contributed by atoms with Crippen molar-refractivity contribution < 1.29 is 8.83 Å². The second-order valence-corrected chi connectivity index (χ2v) is 29.7. The summed E-state index contributed by atoms with van der Waals surface area (Å²) in [5, 5.41) is 7.03. The molecule has 4 heteroatoms. The van der Waals surface area contributed by atoms with Gasteiger partial charge in [-0.05, 0) is 155 Å². The van der Waals surface area contributed by atoms with Gasteiger partial charge >= 0.3 is 0 Å². The van der Waals surface area contributed by atoms with Crippen molar-refractivity contribution in [3.05, 3.63) is 440 Å². The molecule has 21 aromatic rings. The molecule has 0 N–H and O–H groups in total. The molecule has 22 rings (SSSR count). The lowest BCUT2D eigenvalue weighted by Crippen LogP contribution is -2.01. The first kappa shape index (κ1) is 68.1. The fraction of sp³-hybridized carbons (Fsp3) is 0.00917. The minimum Gasteiger partial charge on any atom is -0.455 e. The third kappa shape index (κ3) is 12.3. The van der Waals surface area contributed by atoms with Crippen LogP contribution in [0.25, 0.3) is 194 Å². The van der Waals surface area contributed by atoms with E-state index in [1.807, 2.05) is 36.4 Å². The highest BCUT2D eigenvalue weighted by Gasteiger charge is 2.34. The molecule has 0 aliphatic heterocycles. The van der Waals surface area contributed by atoms with Gasteiger partial charge in [0.2, 0.25) is 0 Å². The highest BCUT2D eigenvalue weighted by atomic mass is 79.9. The Balaban J connectivity index is 0.000000124. The molecule has 0 spiro atoms. The molecule has 0 unspecified atom stereocenters. The fourth-order valence-corrected chi connectivity index (χ4v) is 17.9. The van der Waals surface area contributed by atoms with Gasteiger partial charge in [0.15, 0.2) is 0 Å². The van der Waals surface area contributed by atoms with Crippen LogP contribution in [-0.4, -0.2) is 4.57 Å². The van der Waals surface area contributed by atoms with Gasteiger partial charge in [-0.25, -0.2) is 0 Å². The van der Waals surface area contributed by atoms with Crippen LogP contribution in [-0.2, 0) is 6.42 Å². The Bertz CT molecular complexity index is 7090. The lowest BCUT2D eigenvalue weighted by molar-refractivity contribution is 0.669. The lowest BCUT2D eigenvalue weighted by Gasteiger charge is -2.25. The maximum atomic E-state index is 6.56. The van der Waals surface area contributed by atoms with E-state index in [9.17, 15) is 0 Å². The Morgan fingerprint density at radius 3 is 1.04 bits per heavy atom. The van der Waals surface area contributed by atoms with Gasteiger partial charge in [-0.15, -0.1) is 0 Å². The first-order valence-electron chi connectivity index (χ1n) is 38.6. The molecule has 0 radical (unpaired) electrons. The van der Waals surface area contributed by atoms with Crippen molar-refractivity contribution in [3.63, 3.8) is 0 Å². The van der Waals surface area contributed by atoms with Gasteiger partial charge in [0.1, 0.15) is 22.3 Å². The largest absolute Gasteiger partial charge is 0.455 e. The topological polar surface area (TPSA) is 31.2 Å². The number of benzene rings is 18. The number of fused-ring (bicyclic) bond motifs is 12. The predicted molar refractivity (Wildman–Crippen MR) is 479 cm³/mol. The number of halogens is 1. The average Bonchev–Trinajstić information content (AvgIpc) is 1.58. The Morgan fingerprint density at radius 1 is 0.230 bits per heavy atom. The van der Waals surface area contributed by atoms with Gasteiger partial charge in [-0.1, -0.05) is 398 Å². The highest BCUT2D eigenvalue weighted by Crippen LogP contribution is 2.58. The van der Waals surface area contributed by atoms with Crippen LogP contribution in [0.5, 0.6) is 0 Å². The van der Waals surface area contributed by atoms with E-state index in [1.54, 1.807) is 0 Å². The van der Waals surface area contributed by atoms with Gasteiger partial charge in [0, 0.05) is 70.3 Å². The van der Waals surface area contributed by atoms with Crippen LogP contribution >= 0.6 is 15.9 Å². The van der Waals surface area contributed by atoms with Crippen LogP contribution in [0.3, 0.4) is 0 Å². The number of aromatic nitrogens is 1. The van der Waals surface area contributed by atoms with E-state index in [0.29, 0.717) is 0 Å². The van der Waals surface area contributed by atoms with E-state index < -0.39 is 0 Å². The summed E-state index contributed by atoms with van der Waals surface area (Å²) in [5.74, 6) is 0. The lowest BCUT2D eigenvalue weighted by atomic mass is 9.77. The molecule has 3 aromatic heterocycles. The van der Waals surface area contributed by atoms with E-state index in [4.69, 9.17) is 8.83 Å². The summed E-state index contributed by atoms with van der Waals surface area (Å²) in [4.78, 5) is 0. The number of hydrogen-bond acceptors (Lipinski definition) is 2. The SMILES string of the molecule is Brc1cccc(-c2cccc3c2oc2ccccc23)c1.c1ccc(-c2c(-c3ccccc3)c(-c3ccccc3)c3c(c2-c2ccccc2)c2ccccc2n3-c2cccc(-c3cccc4c3oc3ccccc34)c2)cc1.c1ccc(-c2c3c(c(-c4ccccc4)c(-c4ccccc4)c2-c2ccccc2)-c2ccccc2C3)cc1. The van der Waals surface area contributed by atoms with E-state index in [0.717, 1.165) is 82.8 Å². The number of furan rings is 2. The number of para-hydroxylation sites is 5. The van der Waals surface area contributed by atoms with E-state index in [1.165, 1.54) is 133 Å². The van der Waals surface area contributed by atoms with Gasteiger partial charge in [-0.3, -0.25) is 0 Å². The molecule has 0 atom stereocenters. The van der Waals surface area contributed by atoms with Gasteiger partial charge in [0.25, 0.3) is 0 Å². The molecule has 0 bridgehead atoms. The zero-order valence-corrected chi connectivity index (χ0v) is 63.3. The second kappa shape index (κ2) is 29.7. The van der Waals surface area contributed by atoms with E-state index >= 15 is 0 Å². The Labute approximate surface area is 665 Å². The molecular formula is C109H72BrNO2. The number of hydrogen-bond donors (Lipinski definition) is 0. The molecular weight excluding hydrogens is 1440 g/mol. The molecule has 532 valence electrons. The minimum atomic E-state index is 0.900. The van der Waals surface area contributed by atoms with Crippen LogP contribution < -0.4 is 0 Å². The predicted octanol–water partition coefficient (Wildman–Crippen LogP) is 31.0. The average molecular weight is 1510 g/mol. The quantitative estimate of drug-likeness (QED) is 0.129. The van der Waals surface area contributed by atoms with Crippen molar-refractivity contribution in [2.75, 3.05) is 0 Å². The van der Waals surface area contributed by atoms with Gasteiger partial charge in [0.05, 0.1) is 11.0 Å².